The summed E-state index contributed by atoms with van der Waals surface area (Å²) in [6, 6.07) is 20.5. The number of sulfonamides is 1. The molecule has 3 aromatic carbocycles. The first-order valence-electron chi connectivity index (χ1n) is 9.91. The second kappa shape index (κ2) is 8.68. The van der Waals surface area contributed by atoms with E-state index in [1.165, 1.54) is 24.4 Å². The Hall–Kier alpha value is -3.91. The smallest absolute Gasteiger partial charge is 0.261 e. The van der Waals surface area contributed by atoms with Gasteiger partial charge < -0.3 is 10.3 Å². The van der Waals surface area contributed by atoms with Crippen molar-refractivity contribution in [2.75, 3.05) is 4.72 Å². The molecule has 1 aromatic heterocycles. The van der Waals surface area contributed by atoms with Crippen molar-refractivity contribution in [3.05, 3.63) is 106 Å². The summed E-state index contributed by atoms with van der Waals surface area (Å²) in [5.41, 5.74) is 1.92. The van der Waals surface area contributed by atoms with Gasteiger partial charge in [-0.3, -0.25) is 14.3 Å². The topological polar surface area (TPSA) is 108 Å². The fourth-order valence-corrected chi connectivity index (χ4v) is 4.45. The number of H-pyrrole nitrogens is 1. The molecule has 3 N–H and O–H groups in total. The maximum absolute atomic E-state index is 13.0. The summed E-state index contributed by atoms with van der Waals surface area (Å²) >= 11 is 0. The third-order valence-corrected chi connectivity index (χ3v) is 6.46. The molecule has 4 aromatic rings. The highest BCUT2D eigenvalue weighted by molar-refractivity contribution is 7.92. The minimum atomic E-state index is -3.93. The highest BCUT2D eigenvalue weighted by atomic mass is 32.2. The van der Waals surface area contributed by atoms with Crippen molar-refractivity contribution in [3.63, 3.8) is 0 Å². The molecule has 7 nitrogen and oxygen atoms in total. The van der Waals surface area contributed by atoms with Crippen LogP contribution in [-0.2, 0) is 16.6 Å². The van der Waals surface area contributed by atoms with Crippen LogP contribution in [-0.4, -0.2) is 19.3 Å². The summed E-state index contributed by atoms with van der Waals surface area (Å²) < 4.78 is 28.3. The molecule has 4 rings (SSSR count). The Kier molecular flexibility index (Phi) is 5.79. The molecule has 0 fully saturated rings. The number of para-hydroxylation sites is 1. The van der Waals surface area contributed by atoms with Crippen molar-refractivity contribution in [2.24, 2.45) is 0 Å². The molecule has 0 aliphatic rings. The van der Waals surface area contributed by atoms with Gasteiger partial charge in [0.2, 0.25) is 5.43 Å². The zero-order valence-electron chi connectivity index (χ0n) is 17.3. The number of rotatable bonds is 6. The predicted molar refractivity (Wildman–Crippen MR) is 124 cm³/mol. The molecule has 0 aliphatic heterocycles. The Bertz CT molecular complexity index is 1460. The number of hydrogen-bond acceptors (Lipinski definition) is 4. The van der Waals surface area contributed by atoms with Crippen molar-refractivity contribution >= 4 is 32.5 Å². The number of carbonyl (C=O) groups excluding carboxylic acids is 1. The predicted octanol–water partition coefficient (Wildman–Crippen LogP) is 3.57. The molecular weight excluding hydrogens is 426 g/mol. The first kappa shape index (κ1) is 21.3. The van der Waals surface area contributed by atoms with E-state index in [1.54, 1.807) is 25.1 Å². The number of benzene rings is 3. The largest absolute Gasteiger partial charge is 0.360 e. The Balaban J connectivity index is 1.65. The molecule has 0 radical (unpaired) electrons. The molecule has 0 saturated heterocycles. The number of amides is 1. The monoisotopic (exact) mass is 447 g/mol. The van der Waals surface area contributed by atoms with Crippen LogP contribution in [0.3, 0.4) is 0 Å². The maximum atomic E-state index is 13.0. The summed E-state index contributed by atoms with van der Waals surface area (Å²) in [6.07, 6.45) is 1.34. The van der Waals surface area contributed by atoms with Gasteiger partial charge in [-0.05, 0) is 42.3 Å². The van der Waals surface area contributed by atoms with Gasteiger partial charge >= 0.3 is 0 Å². The van der Waals surface area contributed by atoms with Crippen LogP contribution in [0.5, 0.6) is 0 Å². The molecule has 1 amide bonds. The minimum absolute atomic E-state index is 0.0689. The summed E-state index contributed by atoms with van der Waals surface area (Å²) in [5, 5.41) is 2.83. The van der Waals surface area contributed by atoms with Gasteiger partial charge in [-0.25, -0.2) is 8.42 Å². The van der Waals surface area contributed by atoms with E-state index >= 15 is 0 Å². The molecule has 0 saturated carbocycles. The second-order valence-corrected chi connectivity index (χ2v) is 9.01. The van der Waals surface area contributed by atoms with E-state index in [-0.39, 0.29) is 22.4 Å². The lowest BCUT2D eigenvalue weighted by Crippen LogP contribution is -2.28. The van der Waals surface area contributed by atoms with E-state index in [2.05, 4.69) is 15.0 Å². The van der Waals surface area contributed by atoms with Crippen molar-refractivity contribution in [1.82, 2.24) is 10.3 Å². The molecule has 0 unspecified atom stereocenters. The Morgan fingerprint density at radius 2 is 1.69 bits per heavy atom. The summed E-state index contributed by atoms with van der Waals surface area (Å²) in [6.45, 7) is 2.06. The lowest BCUT2D eigenvalue weighted by atomic mass is 10.1. The van der Waals surface area contributed by atoms with Crippen LogP contribution in [0.25, 0.3) is 10.9 Å². The molecule has 1 heterocycles. The van der Waals surface area contributed by atoms with Gasteiger partial charge in [-0.15, -0.1) is 0 Å². The quantitative estimate of drug-likeness (QED) is 0.420. The zero-order valence-corrected chi connectivity index (χ0v) is 18.1. The second-order valence-electron chi connectivity index (χ2n) is 7.33. The van der Waals surface area contributed by atoms with Crippen molar-refractivity contribution in [2.45, 2.75) is 18.4 Å². The third-order valence-electron chi connectivity index (χ3n) is 5.09. The van der Waals surface area contributed by atoms with Crippen molar-refractivity contribution in [3.8, 4) is 0 Å². The molecule has 0 bridgehead atoms. The number of aromatic nitrogens is 1. The average molecular weight is 448 g/mol. The fourth-order valence-electron chi connectivity index (χ4n) is 3.30. The number of anilines is 1. The summed E-state index contributed by atoms with van der Waals surface area (Å²) in [5.74, 6) is -0.539. The first-order chi connectivity index (χ1) is 15.3. The molecule has 8 heteroatoms. The highest BCUT2D eigenvalue weighted by Gasteiger charge is 2.18. The molecule has 32 heavy (non-hydrogen) atoms. The molecule has 0 atom stereocenters. The van der Waals surface area contributed by atoms with E-state index < -0.39 is 21.4 Å². The lowest BCUT2D eigenvalue weighted by molar-refractivity contribution is 0.0949. The van der Waals surface area contributed by atoms with Gasteiger partial charge in [-0.2, -0.15) is 0 Å². The van der Waals surface area contributed by atoms with E-state index in [1.807, 2.05) is 36.4 Å². The van der Waals surface area contributed by atoms with Gasteiger partial charge in [0, 0.05) is 23.6 Å². The van der Waals surface area contributed by atoms with Crippen LogP contribution in [0.15, 0.2) is 88.7 Å². The Morgan fingerprint density at radius 3 is 2.44 bits per heavy atom. The molecule has 0 spiro atoms. The van der Waals surface area contributed by atoms with Crippen LogP contribution in [0.4, 0.5) is 5.69 Å². The number of hydrogen-bond donors (Lipinski definition) is 3. The zero-order chi connectivity index (χ0) is 22.7. The number of fused-ring (bicyclic) bond motifs is 1. The number of nitrogens with one attached hydrogen (secondary N) is 3. The standard InChI is InChI=1S/C24H21N3O4S/c1-16-7-5-6-10-21(16)27-32(30,31)18-11-12-22-19(13-18)23(28)20(15-25-22)24(29)26-14-17-8-3-2-4-9-17/h2-13,15,27H,14H2,1H3,(H,25,28)(H,26,29). The van der Waals surface area contributed by atoms with Crippen molar-refractivity contribution < 1.29 is 13.2 Å². The fraction of sp³-hybridized carbons (Fsp3) is 0.0833. The number of carbonyl (C=O) groups is 1. The Morgan fingerprint density at radius 1 is 0.969 bits per heavy atom. The van der Waals surface area contributed by atoms with Crippen molar-refractivity contribution in [1.29, 1.82) is 0 Å². The van der Waals surface area contributed by atoms with Gasteiger partial charge in [0.1, 0.15) is 5.56 Å². The lowest BCUT2D eigenvalue weighted by Gasteiger charge is -2.11. The average Bonchev–Trinajstić information content (AvgIpc) is 2.79. The normalized spacial score (nSPS) is 11.3. The van der Waals surface area contributed by atoms with Gasteiger partial charge in [-0.1, -0.05) is 48.5 Å². The number of aryl methyl sites for hydroxylation is 1. The molecule has 0 aliphatic carbocycles. The highest BCUT2D eigenvalue weighted by Crippen LogP contribution is 2.21. The molecule has 162 valence electrons. The summed E-state index contributed by atoms with van der Waals surface area (Å²) in [4.78, 5) is 28.4. The summed E-state index contributed by atoms with van der Waals surface area (Å²) in [7, 11) is -3.93. The van der Waals surface area contributed by atoms with Crippen LogP contribution < -0.4 is 15.5 Å². The number of pyridine rings is 1. The van der Waals surface area contributed by atoms with Crippen LogP contribution in [0.1, 0.15) is 21.5 Å². The van der Waals surface area contributed by atoms with Gasteiger partial charge in [0.25, 0.3) is 15.9 Å². The molecular formula is C24H21N3O4S. The van der Waals surface area contributed by atoms with Crippen LogP contribution in [0, 0.1) is 6.92 Å². The minimum Gasteiger partial charge on any atom is -0.360 e. The SMILES string of the molecule is Cc1ccccc1NS(=O)(=O)c1ccc2[nH]cc(C(=O)NCc3ccccc3)c(=O)c2c1. The van der Waals surface area contributed by atoms with Gasteiger partial charge in [0.05, 0.1) is 10.6 Å². The maximum Gasteiger partial charge on any atom is 0.261 e. The van der Waals surface area contributed by atoms with E-state index in [0.29, 0.717) is 11.2 Å². The van der Waals surface area contributed by atoms with Crippen LogP contribution >= 0.6 is 0 Å². The van der Waals surface area contributed by atoms with Gasteiger partial charge in [0.15, 0.2) is 0 Å². The first-order valence-corrected chi connectivity index (χ1v) is 11.4. The van der Waals surface area contributed by atoms with Crippen LogP contribution in [0.2, 0.25) is 0 Å². The van der Waals surface area contributed by atoms with E-state index in [9.17, 15) is 18.0 Å². The Labute approximate surface area is 185 Å². The third kappa shape index (κ3) is 4.40. The van der Waals surface area contributed by atoms with E-state index in [4.69, 9.17) is 0 Å². The number of aromatic amines is 1. The van der Waals surface area contributed by atoms with E-state index in [0.717, 1.165) is 11.1 Å².